The molecule has 0 radical (unpaired) electrons. The number of halogens is 1. The molecule has 7 heteroatoms. The van der Waals surface area contributed by atoms with Crippen LogP contribution in [0.5, 0.6) is 0 Å². The summed E-state index contributed by atoms with van der Waals surface area (Å²) in [4.78, 5) is 24.1. The Morgan fingerprint density at radius 3 is 2.50 bits per heavy atom. The normalized spacial score (nSPS) is 12.2. The van der Waals surface area contributed by atoms with Crippen molar-refractivity contribution in [3.05, 3.63) is 82.6 Å². The molecule has 1 aromatic heterocycles. The Labute approximate surface area is 199 Å². The lowest BCUT2D eigenvalue weighted by Crippen LogP contribution is -2.43. The maximum absolute atomic E-state index is 15.0. The SMILES string of the molecule is CNC(=O)[C@@H](C)NC(=O)C(C)=Cc1cc(C)c(-c2ccc(NCc3ccco3)cc2F)cc1C. The molecule has 3 rings (SSSR count). The van der Waals surface area contributed by atoms with E-state index >= 15 is 0 Å². The largest absolute Gasteiger partial charge is 0.467 e. The second-order valence-corrected chi connectivity index (χ2v) is 8.29. The Morgan fingerprint density at radius 2 is 1.85 bits per heavy atom. The number of hydrogen-bond donors (Lipinski definition) is 3. The number of nitrogens with one attached hydrogen (secondary N) is 3. The average molecular weight is 464 g/mol. The summed E-state index contributed by atoms with van der Waals surface area (Å²) >= 11 is 0. The van der Waals surface area contributed by atoms with Crippen LogP contribution in [0.4, 0.5) is 10.1 Å². The first-order valence-corrected chi connectivity index (χ1v) is 11.1. The fraction of sp³-hybridized carbons (Fsp3) is 0.259. The van der Waals surface area contributed by atoms with Gasteiger partial charge < -0.3 is 20.4 Å². The van der Waals surface area contributed by atoms with E-state index < -0.39 is 6.04 Å². The smallest absolute Gasteiger partial charge is 0.247 e. The zero-order valence-electron chi connectivity index (χ0n) is 20.1. The number of carbonyl (C=O) groups excluding carboxylic acids is 2. The van der Waals surface area contributed by atoms with Crippen LogP contribution in [0.1, 0.15) is 36.3 Å². The molecule has 0 aliphatic carbocycles. The van der Waals surface area contributed by atoms with Crippen LogP contribution < -0.4 is 16.0 Å². The van der Waals surface area contributed by atoms with E-state index in [0.717, 1.165) is 28.0 Å². The fourth-order valence-electron chi connectivity index (χ4n) is 3.62. The zero-order chi connectivity index (χ0) is 24.8. The molecular formula is C27H30FN3O3. The van der Waals surface area contributed by atoms with Crippen LogP contribution in [-0.2, 0) is 16.1 Å². The van der Waals surface area contributed by atoms with Crippen molar-refractivity contribution in [2.24, 2.45) is 0 Å². The first-order valence-electron chi connectivity index (χ1n) is 11.1. The molecule has 3 N–H and O–H groups in total. The zero-order valence-corrected chi connectivity index (χ0v) is 20.1. The molecule has 34 heavy (non-hydrogen) atoms. The number of carbonyl (C=O) groups is 2. The van der Waals surface area contributed by atoms with E-state index in [1.54, 1.807) is 32.3 Å². The van der Waals surface area contributed by atoms with Gasteiger partial charge in [-0.15, -0.1) is 0 Å². The van der Waals surface area contributed by atoms with Crippen LogP contribution in [0, 0.1) is 19.7 Å². The van der Waals surface area contributed by atoms with Gasteiger partial charge in [0.15, 0.2) is 0 Å². The summed E-state index contributed by atoms with van der Waals surface area (Å²) in [6, 6.07) is 12.0. The summed E-state index contributed by atoms with van der Waals surface area (Å²) in [7, 11) is 1.52. The molecule has 0 fully saturated rings. The van der Waals surface area contributed by atoms with Crippen molar-refractivity contribution < 1.29 is 18.4 Å². The topological polar surface area (TPSA) is 83.4 Å². The van der Waals surface area contributed by atoms with Gasteiger partial charge in [0.1, 0.15) is 17.6 Å². The number of hydrogen-bond acceptors (Lipinski definition) is 4. The van der Waals surface area contributed by atoms with Gasteiger partial charge >= 0.3 is 0 Å². The summed E-state index contributed by atoms with van der Waals surface area (Å²) in [5.74, 6) is -0.136. The predicted octanol–water partition coefficient (Wildman–Crippen LogP) is 4.97. The van der Waals surface area contributed by atoms with Crippen molar-refractivity contribution in [2.45, 2.75) is 40.3 Å². The Morgan fingerprint density at radius 1 is 1.09 bits per heavy atom. The Hall–Kier alpha value is -3.87. The van der Waals surface area contributed by atoms with E-state index in [1.807, 2.05) is 44.2 Å². The number of anilines is 1. The van der Waals surface area contributed by atoms with Gasteiger partial charge in [0.2, 0.25) is 11.8 Å². The Bertz CT molecular complexity index is 1220. The molecule has 0 spiro atoms. The van der Waals surface area contributed by atoms with Crippen molar-refractivity contribution in [1.29, 1.82) is 0 Å². The van der Waals surface area contributed by atoms with E-state index in [1.165, 1.54) is 13.1 Å². The molecule has 2 aromatic carbocycles. The highest BCUT2D eigenvalue weighted by Gasteiger charge is 2.16. The van der Waals surface area contributed by atoms with Crippen LogP contribution in [0.3, 0.4) is 0 Å². The molecule has 0 saturated carbocycles. The summed E-state index contributed by atoms with van der Waals surface area (Å²) < 4.78 is 20.3. The molecule has 0 unspecified atom stereocenters. The summed E-state index contributed by atoms with van der Waals surface area (Å²) in [6.45, 7) is 7.63. The third-order valence-electron chi connectivity index (χ3n) is 5.64. The average Bonchev–Trinajstić information content (AvgIpc) is 3.33. The highest BCUT2D eigenvalue weighted by Crippen LogP contribution is 2.31. The molecule has 178 valence electrons. The molecule has 3 aromatic rings. The van der Waals surface area contributed by atoms with Crippen LogP contribution in [-0.4, -0.2) is 24.9 Å². The molecule has 2 amide bonds. The lowest BCUT2D eigenvalue weighted by atomic mass is 9.93. The standard InChI is InChI=1S/C27H30FN3O3/c1-16-13-24(23-9-8-21(14-25(23)28)30-15-22-7-6-10-34-22)17(2)11-20(16)12-18(3)26(32)31-19(4)27(33)29-5/h6-14,19,30H,15H2,1-5H3,(H,29,33)(H,31,32)/t19-/m1/s1. The van der Waals surface area contributed by atoms with Gasteiger partial charge in [0.25, 0.3) is 0 Å². The molecule has 0 saturated heterocycles. The third kappa shape index (κ3) is 5.92. The Balaban J connectivity index is 1.79. The van der Waals surface area contributed by atoms with E-state index in [-0.39, 0.29) is 17.6 Å². The van der Waals surface area contributed by atoms with Gasteiger partial charge in [0, 0.05) is 23.9 Å². The first-order chi connectivity index (χ1) is 16.2. The summed E-state index contributed by atoms with van der Waals surface area (Å²) in [6.07, 6.45) is 3.37. The summed E-state index contributed by atoms with van der Waals surface area (Å²) in [5, 5.41) is 8.33. The molecule has 6 nitrogen and oxygen atoms in total. The van der Waals surface area contributed by atoms with Crippen molar-refractivity contribution in [1.82, 2.24) is 10.6 Å². The maximum atomic E-state index is 15.0. The van der Waals surface area contributed by atoms with Crippen molar-refractivity contribution >= 4 is 23.6 Å². The second kappa shape index (κ2) is 10.8. The fourth-order valence-corrected chi connectivity index (χ4v) is 3.62. The molecule has 0 bridgehead atoms. The molecule has 0 aliphatic heterocycles. The van der Waals surface area contributed by atoms with Crippen molar-refractivity contribution in [3.63, 3.8) is 0 Å². The van der Waals surface area contributed by atoms with Gasteiger partial charge in [0.05, 0.1) is 12.8 Å². The van der Waals surface area contributed by atoms with Crippen LogP contribution in [0.15, 0.2) is 58.7 Å². The number of furan rings is 1. The van der Waals surface area contributed by atoms with Crippen molar-refractivity contribution in [2.75, 3.05) is 12.4 Å². The van der Waals surface area contributed by atoms with E-state index in [4.69, 9.17) is 4.42 Å². The minimum atomic E-state index is -0.634. The second-order valence-electron chi connectivity index (χ2n) is 8.29. The van der Waals surface area contributed by atoms with E-state index in [2.05, 4.69) is 16.0 Å². The lowest BCUT2D eigenvalue weighted by molar-refractivity contribution is -0.126. The van der Waals surface area contributed by atoms with Gasteiger partial charge in [-0.1, -0.05) is 12.1 Å². The van der Waals surface area contributed by atoms with Crippen LogP contribution in [0.25, 0.3) is 17.2 Å². The van der Waals surface area contributed by atoms with E-state index in [0.29, 0.717) is 23.4 Å². The minimum absolute atomic E-state index is 0.262. The molecule has 1 atom stereocenters. The first kappa shape index (κ1) is 24.8. The number of amides is 2. The van der Waals surface area contributed by atoms with Crippen molar-refractivity contribution in [3.8, 4) is 11.1 Å². The summed E-state index contributed by atoms with van der Waals surface area (Å²) in [5.41, 5.74) is 5.10. The lowest BCUT2D eigenvalue weighted by Gasteiger charge is -2.14. The van der Waals surface area contributed by atoms with Gasteiger partial charge in [-0.2, -0.15) is 0 Å². The van der Waals surface area contributed by atoms with Gasteiger partial charge in [-0.05, 0) is 86.4 Å². The highest BCUT2D eigenvalue weighted by molar-refractivity contribution is 6.00. The monoisotopic (exact) mass is 463 g/mol. The quantitative estimate of drug-likeness (QED) is 0.412. The Kier molecular flexibility index (Phi) is 7.89. The van der Waals surface area contributed by atoms with Gasteiger partial charge in [-0.3, -0.25) is 9.59 Å². The third-order valence-corrected chi connectivity index (χ3v) is 5.64. The van der Waals surface area contributed by atoms with Gasteiger partial charge in [-0.25, -0.2) is 4.39 Å². The van der Waals surface area contributed by atoms with Crippen LogP contribution >= 0.6 is 0 Å². The minimum Gasteiger partial charge on any atom is -0.467 e. The molecule has 0 aliphatic rings. The number of aryl methyl sites for hydroxylation is 2. The number of rotatable bonds is 8. The number of likely N-dealkylation sites (N-methyl/N-ethyl adjacent to an activating group) is 1. The highest BCUT2D eigenvalue weighted by atomic mass is 19.1. The molecular weight excluding hydrogens is 433 g/mol. The molecule has 1 heterocycles. The predicted molar refractivity (Wildman–Crippen MR) is 133 cm³/mol. The van der Waals surface area contributed by atoms with E-state index in [9.17, 15) is 14.0 Å². The number of benzene rings is 2. The van der Waals surface area contributed by atoms with Crippen LogP contribution in [0.2, 0.25) is 0 Å². The maximum Gasteiger partial charge on any atom is 0.247 e.